The van der Waals surface area contributed by atoms with Crippen molar-refractivity contribution in [2.75, 3.05) is 6.79 Å². The van der Waals surface area contributed by atoms with Gasteiger partial charge in [-0.3, -0.25) is 4.79 Å². The first-order valence-corrected chi connectivity index (χ1v) is 15.9. The Balaban J connectivity index is 1.12. The second kappa shape index (κ2) is 14.8. The fourth-order valence-corrected chi connectivity index (χ4v) is 8.70. The number of amides is 1. The predicted octanol–water partition coefficient (Wildman–Crippen LogP) is 9.22. The maximum atomic E-state index is 12.5. The van der Waals surface area contributed by atoms with E-state index in [1.807, 2.05) is 0 Å². The van der Waals surface area contributed by atoms with Crippen LogP contribution in [0.25, 0.3) is 0 Å². The van der Waals surface area contributed by atoms with Crippen molar-refractivity contribution in [3.8, 4) is 0 Å². The molecule has 37 heavy (non-hydrogen) atoms. The fourth-order valence-electron chi connectivity index (χ4n) is 8.70. The number of unbranched alkanes of at least 4 members (excludes halogenated alkanes) is 14. The largest absolute Gasteiger partial charge is 0.428 e. The number of nitrogens with one attached hydrogen (secondary N) is 1. The molecule has 0 aromatic rings. The number of rotatable bonds is 19. The van der Waals surface area contributed by atoms with E-state index in [0.717, 1.165) is 32.1 Å². The van der Waals surface area contributed by atoms with Gasteiger partial charge in [-0.05, 0) is 61.7 Å². The van der Waals surface area contributed by atoms with E-state index >= 15 is 0 Å². The lowest BCUT2D eigenvalue weighted by molar-refractivity contribution is -0.152. The minimum Gasteiger partial charge on any atom is -0.428 e. The molecule has 214 valence electrons. The summed E-state index contributed by atoms with van der Waals surface area (Å²) in [5.41, 5.74) is 0.528. The van der Waals surface area contributed by atoms with Gasteiger partial charge >= 0.3 is 12.1 Å². The molecule has 5 nitrogen and oxygen atoms in total. The molecule has 5 heteroatoms. The zero-order chi connectivity index (χ0) is 26.6. The molecule has 0 spiro atoms. The number of hydrogen-bond acceptors (Lipinski definition) is 4. The van der Waals surface area contributed by atoms with Crippen LogP contribution in [0.2, 0.25) is 0 Å². The van der Waals surface area contributed by atoms with Crippen LogP contribution in [0.5, 0.6) is 0 Å². The SMILES string of the molecule is CCCCCCCCCCCCCCCCCC(=O)OCOC(=O)NC12CC3CC(C)(CC(C)(C3)C1)C2. The van der Waals surface area contributed by atoms with Crippen LogP contribution in [0.3, 0.4) is 0 Å². The predicted molar refractivity (Wildman–Crippen MR) is 150 cm³/mol. The molecular weight excluding hydrogens is 462 g/mol. The van der Waals surface area contributed by atoms with E-state index in [9.17, 15) is 9.59 Å². The molecule has 4 saturated carbocycles. The molecule has 4 fully saturated rings. The summed E-state index contributed by atoms with van der Waals surface area (Å²) in [6, 6.07) is 0. The van der Waals surface area contributed by atoms with E-state index in [1.165, 1.54) is 103 Å². The quantitative estimate of drug-likeness (QED) is 0.105. The van der Waals surface area contributed by atoms with Crippen molar-refractivity contribution in [2.45, 2.75) is 168 Å². The second-order valence-corrected chi connectivity index (χ2v) is 13.8. The minimum atomic E-state index is -0.436. The molecule has 4 rings (SSSR count). The molecule has 0 heterocycles. The van der Waals surface area contributed by atoms with Crippen LogP contribution in [0.15, 0.2) is 0 Å². The van der Waals surface area contributed by atoms with Crippen LogP contribution in [0, 0.1) is 16.7 Å². The summed E-state index contributed by atoms with van der Waals surface area (Å²) in [5.74, 6) is 0.441. The lowest BCUT2D eigenvalue weighted by Crippen LogP contribution is -2.65. The molecule has 0 aromatic heterocycles. The normalized spacial score (nSPS) is 29.9. The van der Waals surface area contributed by atoms with Crippen molar-refractivity contribution in [2.24, 2.45) is 16.7 Å². The molecule has 4 aliphatic carbocycles. The average Bonchev–Trinajstić information content (AvgIpc) is 2.79. The van der Waals surface area contributed by atoms with Crippen LogP contribution in [-0.4, -0.2) is 24.4 Å². The third-order valence-electron chi connectivity index (χ3n) is 9.39. The first-order chi connectivity index (χ1) is 17.8. The van der Waals surface area contributed by atoms with E-state index in [0.29, 0.717) is 23.2 Å². The highest BCUT2D eigenvalue weighted by atomic mass is 16.7. The molecule has 1 amide bonds. The van der Waals surface area contributed by atoms with Gasteiger partial charge in [-0.25, -0.2) is 4.79 Å². The molecule has 4 bridgehead atoms. The van der Waals surface area contributed by atoms with Crippen LogP contribution < -0.4 is 5.32 Å². The summed E-state index contributed by atoms with van der Waals surface area (Å²) >= 11 is 0. The Morgan fingerprint density at radius 2 is 1.16 bits per heavy atom. The van der Waals surface area contributed by atoms with Gasteiger partial charge in [0.15, 0.2) is 0 Å². The summed E-state index contributed by atoms with van der Waals surface area (Å²) < 4.78 is 10.4. The molecule has 4 aliphatic rings. The van der Waals surface area contributed by atoms with E-state index in [-0.39, 0.29) is 18.3 Å². The Labute approximate surface area is 227 Å². The van der Waals surface area contributed by atoms with E-state index in [4.69, 9.17) is 9.47 Å². The lowest BCUT2D eigenvalue weighted by atomic mass is 9.43. The highest BCUT2D eigenvalue weighted by Gasteiger charge is 2.60. The molecule has 0 saturated heterocycles. The third kappa shape index (κ3) is 10.4. The lowest BCUT2D eigenvalue weighted by Gasteiger charge is -2.65. The molecule has 0 radical (unpaired) electrons. The van der Waals surface area contributed by atoms with Gasteiger partial charge in [-0.1, -0.05) is 111 Å². The number of ether oxygens (including phenoxy) is 2. The molecule has 1 N–H and O–H groups in total. The molecular formula is C32H57NO4. The number of carbonyl (C=O) groups excluding carboxylic acids is 2. The van der Waals surface area contributed by atoms with Crippen molar-refractivity contribution < 1.29 is 19.1 Å². The van der Waals surface area contributed by atoms with E-state index < -0.39 is 6.09 Å². The first kappa shape index (κ1) is 30.3. The summed E-state index contributed by atoms with van der Waals surface area (Å²) in [6.45, 7) is 6.77. The maximum absolute atomic E-state index is 12.5. The van der Waals surface area contributed by atoms with Gasteiger partial charge in [0.1, 0.15) is 0 Å². The Kier molecular flexibility index (Phi) is 12.1. The smallest absolute Gasteiger partial charge is 0.410 e. The summed E-state index contributed by atoms with van der Waals surface area (Å²) in [7, 11) is 0. The number of carbonyl (C=O) groups is 2. The van der Waals surface area contributed by atoms with Crippen molar-refractivity contribution in [1.29, 1.82) is 0 Å². The van der Waals surface area contributed by atoms with E-state index in [2.05, 4.69) is 26.1 Å². The average molecular weight is 520 g/mol. The van der Waals surface area contributed by atoms with Gasteiger partial charge in [0.05, 0.1) is 0 Å². The summed E-state index contributed by atoms with van der Waals surface area (Å²) in [5, 5.41) is 3.20. The minimum absolute atomic E-state index is 0.141. The van der Waals surface area contributed by atoms with Crippen molar-refractivity contribution in [3.63, 3.8) is 0 Å². The summed E-state index contributed by atoms with van der Waals surface area (Å²) in [4.78, 5) is 24.5. The molecule has 0 aliphatic heterocycles. The Morgan fingerprint density at radius 3 is 1.65 bits per heavy atom. The van der Waals surface area contributed by atoms with Gasteiger partial charge in [-0.15, -0.1) is 0 Å². The van der Waals surface area contributed by atoms with Crippen molar-refractivity contribution in [1.82, 2.24) is 5.32 Å². The van der Waals surface area contributed by atoms with E-state index in [1.54, 1.807) is 0 Å². The Morgan fingerprint density at radius 1 is 0.676 bits per heavy atom. The van der Waals surface area contributed by atoms with Crippen LogP contribution in [0.1, 0.15) is 162 Å². The number of hydrogen-bond donors (Lipinski definition) is 1. The maximum Gasteiger partial charge on any atom is 0.410 e. The van der Waals surface area contributed by atoms with Crippen LogP contribution in [-0.2, 0) is 14.3 Å². The van der Waals surface area contributed by atoms with Crippen molar-refractivity contribution >= 4 is 12.1 Å². The second-order valence-electron chi connectivity index (χ2n) is 13.8. The van der Waals surface area contributed by atoms with Gasteiger partial charge in [0, 0.05) is 12.0 Å². The zero-order valence-corrected chi connectivity index (χ0v) is 24.5. The van der Waals surface area contributed by atoms with Crippen LogP contribution in [0.4, 0.5) is 4.79 Å². The summed E-state index contributed by atoms with van der Waals surface area (Å²) in [6.07, 6.45) is 26.5. The van der Waals surface area contributed by atoms with Gasteiger partial charge < -0.3 is 14.8 Å². The fraction of sp³-hybridized carbons (Fsp3) is 0.938. The third-order valence-corrected chi connectivity index (χ3v) is 9.39. The Bertz CT molecular complexity index is 689. The number of alkyl carbamates (subject to hydrolysis) is 1. The Hall–Kier alpha value is -1.26. The monoisotopic (exact) mass is 519 g/mol. The molecule has 2 unspecified atom stereocenters. The zero-order valence-electron chi connectivity index (χ0n) is 24.5. The topological polar surface area (TPSA) is 64.6 Å². The van der Waals surface area contributed by atoms with Crippen LogP contribution >= 0.6 is 0 Å². The highest BCUT2D eigenvalue weighted by molar-refractivity contribution is 5.70. The van der Waals surface area contributed by atoms with Gasteiger partial charge in [0.2, 0.25) is 6.79 Å². The first-order valence-electron chi connectivity index (χ1n) is 15.9. The molecule has 0 aromatic carbocycles. The van der Waals surface area contributed by atoms with Gasteiger partial charge in [-0.2, -0.15) is 0 Å². The number of esters is 1. The van der Waals surface area contributed by atoms with Crippen molar-refractivity contribution in [3.05, 3.63) is 0 Å². The highest BCUT2D eigenvalue weighted by Crippen LogP contribution is 2.66. The standard InChI is InChI=1S/C32H57NO4/c1-4-5-6-7-8-9-10-11-12-13-14-15-16-17-18-19-28(34)36-26-37-29(35)33-32-22-27-20-30(2,24-32)23-31(3,21-27)25-32/h27H,4-26H2,1-3H3,(H,33,35). The molecule has 2 atom stereocenters. The van der Waals surface area contributed by atoms with Gasteiger partial charge in [0.25, 0.3) is 0 Å².